The van der Waals surface area contributed by atoms with Gasteiger partial charge in [0.25, 0.3) is 0 Å². The molecule has 0 N–H and O–H groups in total. The molecule has 1 fully saturated rings. The first-order valence-electron chi connectivity index (χ1n) is 8.41. The first-order valence-corrected chi connectivity index (χ1v) is 9.16. The van der Waals surface area contributed by atoms with E-state index < -0.39 is 0 Å². The number of fused-ring (bicyclic) bond motifs is 1. The van der Waals surface area contributed by atoms with E-state index in [2.05, 4.69) is 42.3 Å². The fourth-order valence-electron chi connectivity index (χ4n) is 4.00. The molecule has 0 spiro atoms. The highest BCUT2D eigenvalue weighted by molar-refractivity contribution is 6.42. The van der Waals surface area contributed by atoms with E-state index in [0.717, 1.165) is 12.5 Å². The van der Waals surface area contributed by atoms with Gasteiger partial charge in [-0.1, -0.05) is 53.5 Å². The second-order valence-corrected chi connectivity index (χ2v) is 7.66. The second kappa shape index (κ2) is 6.12. The van der Waals surface area contributed by atoms with E-state index in [1.807, 2.05) is 12.1 Å². The minimum absolute atomic E-state index is 0.421. The van der Waals surface area contributed by atoms with Crippen LogP contribution in [0.3, 0.4) is 0 Å². The summed E-state index contributed by atoms with van der Waals surface area (Å²) in [5.41, 5.74) is 4.22. The van der Waals surface area contributed by atoms with Gasteiger partial charge < -0.3 is 0 Å². The van der Waals surface area contributed by atoms with Crippen LogP contribution in [0.2, 0.25) is 10.0 Å². The van der Waals surface area contributed by atoms with E-state index in [1.165, 1.54) is 36.0 Å². The summed E-state index contributed by atoms with van der Waals surface area (Å²) in [6.45, 7) is 0. The normalized spacial score (nSPS) is 23.8. The van der Waals surface area contributed by atoms with E-state index in [9.17, 15) is 0 Å². The average molecular weight is 346 g/mol. The van der Waals surface area contributed by atoms with Crippen molar-refractivity contribution in [3.05, 3.63) is 69.2 Å². The van der Waals surface area contributed by atoms with Crippen molar-refractivity contribution >= 4 is 23.2 Å². The highest BCUT2D eigenvalue weighted by Crippen LogP contribution is 2.46. The Hall–Kier alpha value is -1.02. The molecule has 1 saturated carbocycles. The third-order valence-electron chi connectivity index (χ3n) is 5.42. The zero-order chi connectivity index (χ0) is 16.0. The highest BCUT2D eigenvalue weighted by Gasteiger charge is 2.36. The summed E-state index contributed by atoms with van der Waals surface area (Å²) in [4.78, 5) is 2.59. The molecule has 0 aliphatic heterocycles. The van der Waals surface area contributed by atoms with Crippen LogP contribution in [0.5, 0.6) is 0 Å². The number of nitrogens with zero attached hydrogens (tertiary/aromatic N) is 1. The first kappa shape index (κ1) is 15.5. The van der Waals surface area contributed by atoms with Crippen LogP contribution in [-0.4, -0.2) is 18.0 Å². The molecule has 0 bridgehead atoms. The average Bonchev–Trinajstić information content (AvgIpc) is 3.41. The Morgan fingerprint density at radius 3 is 2.30 bits per heavy atom. The minimum atomic E-state index is 0.421. The minimum Gasteiger partial charge on any atom is -0.296 e. The largest absolute Gasteiger partial charge is 0.296 e. The summed E-state index contributed by atoms with van der Waals surface area (Å²) >= 11 is 12.3. The van der Waals surface area contributed by atoms with Gasteiger partial charge in [-0.3, -0.25) is 4.90 Å². The van der Waals surface area contributed by atoms with Crippen LogP contribution in [0.15, 0.2) is 42.5 Å². The summed E-state index contributed by atoms with van der Waals surface area (Å²) < 4.78 is 0. The molecule has 3 heteroatoms. The molecule has 1 nitrogen and oxygen atoms in total. The molecule has 2 aliphatic rings. The Labute approximate surface area is 148 Å². The number of hydrogen-bond donors (Lipinski definition) is 0. The van der Waals surface area contributed by atoms with E-state index in [0.29, 0.717) is 22.0 Å². The number of benzene rings is 2. The summed E-state index contributed by atoms with van der Waals surface area (Å²) in [5, 5.41) is 1.28. The first-order chi connectivity index (χ1) is 11.1. The van der Waals surface area contributed by atoms with E-state index in [-0.39, 0.29) is 0 Å². The Kier molecular flexibility index (Phi) is 4.13. The molecule has 2 aromatic carbocycles. The Balaban J connectivity index is 1.72. The molecule has 23 heavy (non-hydrogen) atoms. The van der Waals surface area contributed by atoms with Gasteiger partial charge in [0.1, 0.15) is 0 Å². The third kappa shape index (κ3) is 2.91. The SMILES string of the molecule is CN(C1CC1)[C@H]1CC[C@@H](c2ccc(Cl)c(Cl)c2)c2ccccc21. The van der Waals surface area contributed by atoms with Gasteiger partial charge in [0, 0.05) is 18.0 Å². The van der Waals surface area contributed by atoms with Crippen molar-refractivity contribution < 1.29 is 0 Å². The topological polar surface area (TPSA) is 3.24 Å². The van der Waals surface area contributed by atoms with Crippen LogP contribution in [0.1, 0.15) is 54.3 Å². The van der Waals surface area contributed by atoms with Crippen LogP contribution in [-0.2, 0) is 0 Å². The lowest BCUT2D eigenvalue weighted by Crippen LogP contribution is -2.30. The maximum atomic E-state index is 6.25. The molecule has 0 heterocycles. The van der Waals surface area contributed by atoms with Crippen molar-refractivity contribution in [3.63, 3.8) is 0 Å². The van der Waals surface area contributed by atoms with Gasteiger partial charge in [0.15, 0.2) is 0 Å². The van der Waals surface area contributed by atoms with Crippen LogP contribution in [0.4, 0.5) is 0 Å². The molecule has 0 unspecified atom stereocenters. The zero-order valence-electron chi connectivity index (χ0n) is 13.3. The highest BCUT2D eigenvalue weighted by atomic mass is 35.5. The standard InChI is InChI=1S/C20H21Cl2N/c1-23(14-7-8-14)20-11-9-15(16-4-2-3-5-17(16)20)13-6-10-18(21)19(22)12-13/h2-6,10,12,14-15,20H,7-9,11H2,1H3/t15-,20-/m0/s1. The maximum Gasteiger partial charge on any atom is 0.0595 e. The Bertz CT molecular complexity index is 723. The molecule has 2 atom stereocenters. The summed E-state index contributed by atoms with van der Waals surface area (Å²) in [5.74, 6) is 0.421. The number of hydrogen-bond acceptors (Lipinski definition) is 1. The van der Waals surface area contributed by atoms with Crippen LogP contribution < -0.4 is 0 Å². The van der Waals surface area contributed by atoms with Crippen LogP contribution in [0, 0.1) is 0 Å². The maximum absolute atomic E-state index is 6.25. The fraction of sp³-hybridized carbons (Fsp3) is 0.400. The van der Waals surface area contributed by atoms with Crippen molar-refractivity contribution in [2.45, 2.75) is 43.7 Å². The van der Waals surface area contributed by atoms with Gasteiger partial charge in [-0.15, -0.1) is 0 Å². The van der Waals surface area contributed by atoms with Crippen LogP contribution >= 0.6 is 23.2 Å². The molecular weight excluding hydrogens is 325 g/mol. The lowest BCUT2D eigenvalue weighted by atomic mass is 9.76. The Morgan fingerprint density at radius 2 is 1.61 bits per heavy atom. The predicted molar refractivity (Wildman–Crippen MR) is 97.5 cm³/mol. The lowest BCUT2D eigenvalue weighted by Gasteiger charge is -2.37. The van der Waals surface area contributed by atoms with Gasteiger partial charge in [-0.25, -0.2) is 0 Å². The summed E-state index contributed by atoms with van der Waals surface area (Å²) in [7, 11) is 2.29. The fourth-order valence-corrected chi connectivity index (χ4v) is 4.31. The summed E-state index contributed by atoms with van der Waals surface area (Å²) in [6, 6.07) is 16.3. The van der Waals surface area contributed by atoms with Gasteiger partial charge in [-0.2, -0.15) is 0 Å². The van der Waals surface area contributed by atoms with Gasteiger partial charge in [0.05, 0.1) is 10.0 Å². The van der Waals surface area contributed by atoms with Crippen molar-refractivity contribution in [2.24, 2.45) is 0 Å². The molecule has 2 aromatic rings. The molecule has 0 amide bonds. The smallest absolute Gasteiger partial charge is 0.0595 e. The van der Waals surface area contributed by atoms with Crippen LogP contribution in [0.25, 0.3) is 0 Å². The van der Waals surface area contributed by atoms with Crippen molar-refractivity contribution in [2.75, 3.05) is 7.05 Å². The monoisotopic (exact) mass is 345 g/mol. The molecule has 0 saturated heterocycles. The number of halogens is 2. The lowest BCUT2D eigenvalue weighted by molar-refractivity contribution is 0.208. The van der Waals surface area contributed by atoms with Gasteiger partial charge in [-0.05, 0) is 61.6 Å². The van der Waals surface area contributed by atoms with Crippen molar-refractivity contribution in [3.8, 4) is 0 Å². The summed E-state index contributed by atoms with van der Waals surface area (Å²) in [6.07, 6.45) is 5.07. The van der Waals surface area contributed by atoms with Gasteiger partial charge >= 0.3 is 0 Å². The molecular formula is C20H21Cl2N. The Morgan fingerprint density at radius 1 is 0.870 bits per heavy atom. The molecule has 2 aliphatic carbocycles. The molecule has 4 rings (SSSR count). The number of rotatable bonds is 3. The predicted octanol–water partition coefficient (Wildman–Crippen LogP) is 6.05. The van der Waals surface area contributed by atoms with Crippen molar-refractivity contribution in [1.29, 1.82) is 0 Å². The van der Waals surface area contributed by atoms with E-state index >= 15 is 0 Å². The molecule has 120 valence electrons. The van der Waals surface area contributed by atoms with E-state index in [1.54, 1.807) is 0 Å². The molecule has 0 aromatic heterocycles. The quantitative estimate of drug-likeness (QED) is 0.653. The third-order valence-corrected chi connectivity index (χ3v) is 6.16. The molecule has 0 radical (unpaired) electrons. The zero-order valence-corrected chi connectivity index (χ0v) is 14.8. The second-order valence-electron chi connectivity index (χ2n) is 6.84. The van der Waals surface area contributed by atoms with Crippen molar-refractivity contribution in [1.82, 2.24) is 4.90 Å². The van der Waals surface area contributed by atoms with E-state index in [4.69, 9.17) is 23.2 Å². The van der Waals surface area contributed by atoms with Gasteiger partial charge in [0.2, 0.25) is 0 Å².